The minimum atomic E-state index is -0.358. The van der Waals surface area contributed by atoms with Crippen LogP contribution in [0.15, 0.2) is 18.2 Å². The number of benzene rings is 1. The normalized spacial score (nSPS) is 20.2. The van der Waals surface area contributed by atoms with Crippen LogP contribution >= 0.6 is 0 Å². The number of likely N-dealkylation sites (tertiary alicyclic amines) is 1. The number of rotatable bonds is 2. The number of carbonyl (C=O) groups is 1. The second kappa shape index (κ2) is 5.15. The summed E-state index contributed by atoms with van der Waals surface area (Å²) in [4.78, 5) is 18.9. The van der Waals surface area contributed by atoms with Gasteiger partial charge < -0.3 is 14.6 Å². The molecule has 1 aromatic carbocycles. The van der Waals surface area contributed by atoms with E-state index in [9.17, 15) is 9.90 Å². The van der Waals surface area contributed by atoms with Crippen molar-refractivity contribution in [1.29, 1.82) is 0 Å². The van der Waals surface area contributed by atoms with Gasteiger partial charge in [-0.25, -0.2) is 4.98 Å². The molecule has 1 saturated heterocycles. The largest absolute Gasteiger partial charge is 0.393 e. The molecule has 0 aliphatic carbocycles. The highest BCUT2D eigenvalue weighted by Crippen LogP contribution is 2.23. The van der Waals surface area contributed by atoms with Crippen molar-refractivity contribution in [3.8, 4) is 0 Å². The molecule has 3 rings (SSSR count). The number of fused-ring (bicyclic) bond motifs is 1. The molecule has 0 saturated carbocycles. The van der Waals surface area contributed by atoms with Crippen molar-refractivity contribution < 1.29 is 9.90 Å². The lowest BCUT2D eigenvalue weighted by atomic mass is 10.0. The highest BCUT2D eigenvalue weighted by atomic mass is 16.3. The van der Waals surface area contributed by atoms with Crippen molar-refractivity contribution in [2.45, 2.75) is 26.4 Å². The lowest BCUT2D eigenvalue weighted by molar-refractivity contribution is 0.0762. The third kappa shape index (κ3) is 2.42. The first-order valence-corrected chi connectivity index (χ1v) is 7.38. The average molecular weight is 287 g/mol. The van der Waals surface area contributed by atoms with Crippen molar-refractivity contribution in [3.05, 3.63) is 29.6 Å². The maximum atomic E-state index is 12.6. The van der Waals surface area contributed by atoms with Gasteiger partial charge in [-0.2, -0.15) is 0 Å². The van der Waals surface area contributed by atoms with Crippen molar-refractivity contribution in [2.75, 3.05) is 13.1 Å². The Labute approximate surface area is 124 Å². The molecule has 1 fully saturated rings. The number of hydrogen-bond acceptors (Lipinski definition) is 3. The second-order valence-corrected chi connectivity index (χ2v) is 5.96. The summed E-state index contributed by atoms with van der Waals surface area (Å²) >= 11 is 0. The molecular weight excluding hydrogens is 266 g/mol. The second-order valence-electron chi connectivity index (χ2n) is 5.96. The highest BCUT2D eigenvalue weighted by Gasteiger charge is 2.29. The van der Waals surface area contributed by atoms with Gasteiger partial charge in [-0.3, -0.25) is 4.79 Å². The number of nitrogens with zero attached hydrogens (tertiary/aromatic N) is 3. The van der Waals surface area contributed by atoms with E-state index in [0.717, 1.165) is 23.3 Å². The lowest BCUT2D eigenvalue weighted by Crippen LogP contribution is -2.30. The van der Waals surface area contributed by atoms with E-state index >= 15 is 0 Å². The van der Waals surface area contributed by atoms with Crippen LogP contribution in [0.5, 0.6) is 0 Å². The Morgan fingerprint density at radius 2 is 2.24 bits per heavy atom. The molecule has 1 aromatic heterocycles. The van der Waals surface area contributed by atoms with E-state index in [4.69, 9.17) is 0 Å². The zero-order chi connectivity index (χ0) is 15.1. The Hall–Kier alpha value is -1.88. The molecule has 0 bridgehead atoms. The van der Waals surface area contributed by atoms with E-state index in [0.29, 0.717) is 18.7 Å². The molecule has 1 amide bonds. The van der Waals surface area contributed by atoms with E-state index in [-0.39, 0.29) is 17.9 Å². The predicted molar refractivity (Wildman–Crippen MR) is 81.1 cm³/mol. The van der Waals surface area contributed by atoms with E-state index in [1.54, 1.807) is 6.92 Å². The molecule has 2 atom stereocenters. The maximum absolute atomic E-state index is 12.6. The molecule has 2 aromatic rings. The van der Waals surface area contributed by atoms with Crippen LogP contribution in [0.25, 0.3) is 11.0 Å². The summed E-state index contributed by atoms with van der Waals surface area (Å²) in [7, 11) is 1.97. The summed E-state index contributed by atoms with van der Waals surface area (Å²) in [5.74, 6) is 1.16. The highest BCUT2D eigenvalue weighted by molar-refractivity contribution is 5.97. The van der Waals surface area contributed by atoms with Crippen molar-refractivity contribution >= 4 is 16.9 Å². The smallest absolute Gasteiger partial charge is 0.253 e. The van der Waals surface area contributed by atoms with Crippen LogP contribution in [0.2, 0.25) is 0 Å². The Morgan fingerprint density at radius 1 is 1.48 bits per heavy atom. The molecule has 1 N–H and O–H groups in total. The lowest BCUT2D eigenvalue weighted by Gasteiger charge is -2.17. The van der Waals surface area contributed by atoms with Crippen molar-refractivity contribution in [2.24, 2.45) is 13.0 Å². The molecular formula is C16H21N3O2. The van der Waals surface area contributed by atoms with Crippen LogP contribution in [0.3, 0.4) is 0 Å². The number of aliphatic hydroxyl groups excluding tert-OH is 1. The van der Waals surface area contributed by atoms with Crippen molar-refractivity contribution in [3.63, 3.8) is 0 Å². The Morgan fingerprint density at radius 3 is 2.90 bits per heavy atom. The van der Waals surface area contributed by atoms with Crippen LogP contribution in [-0.4, -0.2) is 44.7 Å². The standard InChI is InChI=1S/C16H21N3O2/c1-10(20)13-6-7-19(9-13)16(21)12-4-5-15-14(8-12)17-11(2)18(15)3/h4-5,8,10,13,20H,6-7,9H2,1-3H3. The van der Waals surface area contributed by atoms with Crippen LogP contribution in [0.1, 0.15) is 29.5 Å². The zero-order valence-corrected chi connectivity index (χ0v) is 12.7. The predicted octanol–water partition coefficient (Wildman–Crippen LogP) is 1.72. The van der Waals surface area contributed by atoms with Gasteiger partial charge in [0.1, 0.15) is 5.82 Å². The fourth-order valence-corrected chi connectivity index (χ4v) is 3.00. The van der Waals surface area contributed by atoms with Crippen LogP contribution < -0.4 is 0 Å². The summed E-state index contributed by atoms with van der Waals surface area (Å²) < 4.78 is 2.02. The fraction of sp³-hybridized carbons (Fsp3) is 0.500. The fourth-order valence-electron chi connectivity index (χ4n) is 3.00. The first kappa shape index (κ1) is 14.1. The van der Waals surface area contributed by atoms with Gasteiger partial charge >= 0.3 is 0 Å². The zero-order valence-electron chi connectivity index (χ0n) is 12.7. The minimum absolute atomic E-state index is 0.0309. The van der Waals surface area contributed by atoms with Gasteiger partial charge in [0.15, 0.2) is 0 Å². The van der Waals surface area contributed by atoms with E-state index in [1.807, 2.05) is 41.6 Å². The average Bonchev–Trinajstić information content (AvgIpc) is 3.04. The van der Waals surface area contributed by atoms with Gasteiger partial charge in [-0.05, 0) is 38.5 Å². The molecule has 1 aliphatic rings. The number of aromatic nitrogens is 2. The molecule has 2 heterocycles. The summed E-state index contributed by atoms with van der Waals surface area (Å²) in [5, 5.41) is 9.65. The number of amides is 1. The Kier molecular flexibility index (Phi) is 3.45. The van der Waals surface area contributed by atoms with E-state index in [2.05, 4.69) is 4.98 Å². The molecule has 1 aliphatic heterocycles. The minimum Gasteiger partial charge on any atom is -0.393 e. The number of aliphatic hydroxyl groups is 1. The van der Waals surface area contributed by atoms with Crippen LogP contribution in [0, 0.1) is 12.8 Å². The quantitative estimate of drug-likeness (QED) is 0.915. The summed E-state index contributed by atoms with van der Waals surface area (Å²) in [6.45, 7) is 5.10. The van der Waals surface area contributed by atoms with E-state index in [1.165, 1.54) is 0 Å². The van der Waals surface area contributed by atoms with Gasteiger partial charge in [-0.1, -0.05) is 0 Å². The van der Waals surface area contributed by atoms with Crippen LogP contribution in [-0.2, 0) is 7.05 Å². The molecule has 5 heteroatoms. The topological polar surface area (TPSA) is 58.4 Å². The molecule has 5 nitrogen and oxygen atoms in total. The summed E-state index contributed by atoms with van der Waals surface area (Å²) in [6, 6.07) is 5.67. The van der Waals surface area contributed by atoms with Gasteiger partial charge in [0.2, 0.25) is 0 Å². The third-order valence-corrected chi connectivity index (χ3v) is 4.55. The maximum Gasteiger partial charge on any atom is 0.253 e. The van der Waals surface area contributed by atoms with E-state index < -0.39 is 0 Å². The van der Waals surface area contributed by atoms with Gasteiger partial charge in [0.05, 0.1) is 17.1 Å². The number of imidazole rings is 1. The Balaban J connectivity index is 1.85. The number of carbonyl (C=O) groups excluding carboxylic acids is 1. The van der Waals surface area contributed by atoms with Crippen molar-refractivity contribution in [1.82, 2.24) is 14.5 Å². The summed E-state index contributed by atoms with van der Waals surface area (Å²) in [6.07, 6.45) is 0.512. The number of hydrogen-bond donors (Lipinski definition) is 1. The molecule has 0 spiro atoms. The Bertz CT molecular complexity index is 690. The van der Waals surface area contributed by atoms with Crippen LogP contribution in [0.4, 0.5) is 0 Å². The molecule has 112 valence electrons. The molecule has 21 heavy (non-hydrogen) atoms. The first-order chi connectivity index (χ1) is 9.97. The number of aryl methyl sites for hydroxylation is 2. The SMILES string of the molecule is Cc1nc2cc(C(=O)N3CCC(C(C)O)C3)ccc2n1C. The van der Waals surface area contributed by atoms with Gasteiger partial charge in [-0.15, -0.1) is 0 Å². The third-order valence-electron chi connectivity index (χ3n) is 4.55. The van der Waals surface area contributed by atoms with Gasteiger partial charge in [0.25, 0.3) is 5.91 Å². The molecule has 2 unspecified atom stereocenters. The molecule has 0 radical (unpaired) electrons. The van der Waals surface area contributed by atoms with Gasteiger partial charge in [0, 0.05) is 31.6 Å². The first-order valence-electron chi connectivity index (χ1n) is 7.38. The monoisotopic (exact) mass is 287 g/mol. The summed E-state index contributed by atoms with van der Waals surface area (Å²) in [5.41, 5.74) is 2.56.